The average molecular weight is 414 g/mol. The second kappa shape index (κ2) is 8.68. The summed E-state index contributed by atoms with van der Waals surface area (Å²) in [4.78, 5) is 15.0. The fourth-order valence-electron chi connectivity index (χ4n) is 4.00. The van der Waals surface area contributed by atoms with Gasteiger partial charge in [-0.25, -0.2) is 0 Å². The Morgan fingerprint density at radius 3 is 2.32 bits per heavy atom. The van der Waals surface area contributed by atoms with Crippen molar-refractivity contribution >= 4 is 23.2 Å². The molecular weight excluding hydrogens is 386 g/mol. The topological polar surface area (TPSA) is 38.8 Å². The molecule has 0 radical (unpaired) electrons. The minimum atomic E-state index is -0.0289. The fraction of sp³-hybridized carbons (Fsp3) is 0.222. The monoisotopic (exact) mass is 413 g/mol. The third-order valence-corrected chi connectivity index (χ3v) is 5.76. The number of benzene rings is 3. The van der Waals surface area contributed by atoms with Crippen LogP contribution in [0.2, 0.25) is 0 Å². The van der Waals surface area contributed by atoms with Crippen LogP contribution in [0.3, 0.4) is 0 Å². The summed E-state index contributed by atoms with van der Waals surface area (Å²) in [7, 11) is 3.16. The van der Waals surface area contributed by atoms with Crippen molar-refractivity contribution in [3.63, 3.8) is 0 Å². The zero-order chi connectivity index (χ0) is 22.0. The fourth-order valence-corrected chi connectivity index (χ4v) is 4.00. The van der Waals surface area contributed by atoms with Gasteiger partial charge in [-0.2, -0.15) is 0 Å². The van der Waals surface area contributed by atoms with E-state index >= 15 is 0 Å². The minimum absolute atomic E-state index is 0.0289. The van der Waals surface area contributed by atoms with Gasteiger partial charge < -0.3 is 14.4 Å². The molecule has 0 bridgehead atoms. The molecule has 0 fully saturated rings. The third kappa shape index (κ3) is 4.19. The van der Waals surface area contributed by atoms with Gasteiger partial charge in [0.25, 0.3) is 5.91 Å². The molecule has 0 unspecified atom stereocenters. The highest BCUT2D eigenvalue weighted by atomic mass is 16.5. The summed E-state index contributed by atoms with van der Waals surface area (Å²) < 4.78 is 10.6. The summed E-state index contributed by atoms with van der Waals surface area (Å²) in [5.74, 6) is 1.14. The summed E-state index contributed by atoms with van der Waals surface area (Å²) in [6.45, 7) is 4.90. The van der Waals surface area contributed by atoms with Crippen LogP contribution < -0.4 is 14.4 Å². The first kappa shape index (κ1) is 20.7. The zero-order valence-corrected chi connectivity index (χ0v) is 18.4. The Labute approximate surface area is 183 Å². The maximum absolute atomic E-state index is 13.2. The normalized spacial score (nSPS) is 13.2. The van der Waals surface area contributed by atoms with Crippen molar-refractivity contribution in [2.45, 2.75) is 20.3 Å². The van der Waals surface area contributed by atoms with Crippen LogP contribution in [-0.2, 0) is 6.42 Å². The van der Waals surface area contributed by atoms with Crippen LogP contribution in [0.4, 0.5) is 5.69 Å². The molecule has 0 aromatic heterocycles. The van der Waals surface area contributed by atoms with Crippen LogP contribution in [0.1, 0.15) is 39.5 Å². The summed E-state index contributed by atoms with van der Waals surface area (Å²) >= 11 is 0. The van der Waals surface area contributed by atoms with Crippen molar-refractivity contribution in [2.75, 3.05) is 25.7 Å². The van der Waals surface area contributed by atoms with Gasteiger partial charge in [-0.05, 0) is 72.9 Å². The molecular formula is C27H27NO3. The number of hydrogen-bond donors (Lipinski definition) is 0. The molecule has 1 aliphatic rings. The Hall–Kier alpha value is -3.53. The maximum Gasteiger partial charge on any atom is 0.258 e. The molecule has 1 aliphatic heterocycles. The molecule has 4 nitrogen and oxygen atoms in total. The molecule has 4 rings (SSSR count). The van der Waals surface area contributed by atoms with Crippen molar-refractivity contribution in [3.8, 4) is 11.5 Å². The van der Waals surface area contributed by atoms with Crippen molar-refractivity contribution in [1.82, 2.24) is 0 Å². The largest absolute Gasteiger partial charge is 0.493 e. The van der Waals surface area contributed by atoms with E-state index in [4.69, 9.17) is 9.47 Å². The standard InChI is InChI=1S/C27H27NO3/c1-18-5-8-21(9-6-18)19(2)15-20-7-11-24-22(16-20)13-14-28(24)27(29)23-10-12-25(30-3)26(17-23)31-4/h5-12,15-17H,13-14H2,1-4H3. The van der Waals surface area contributed by atoms with Crippen molar-refractivity contribution in [1.29, 1.82) is 0 Å². The SMILES string of the molecule is COc1ccc(C(=O)N2CCc3cc(C=C(C)c4ccc(C)cc4)ccc32)cc1OC. The number of aryl methyl sites for hydroxylation is 1. The molecule has 1 heterocycles. The van der Waals surface area contributed by atoms with E-state index in [9.17, 15) is 4.79 Å². The van der Waals surface area contributed by atoms with E-state index in [1.165, 1.54) is 22.3 Å². The predicted molar refractivity (Wildman–Crippen MR) is 126 cm³/mol. The van der Waals surface area contributed by atoms with Crippen LogP contribution in [0.5, 0.6) is 11.5 Å². The first-order valence-corrected chi connectivity index (χ1v) is 10.4. The lowest BCUT2D eigenvalue weighted by Gasteiger charge is -2.18. The number of methoxy groups -OCH3 is 2. The van der Waals surface area contributed by atoms with Crippen LogP contribution in [0.25, 0.3) is 11.6 Å². The number of rotatable bonds is 5. The lowest BCUT2D eigenvalue weighted by Crippen LogP contribution is -2.28. The average Bonchev–Trinajstić information content (AvgIpc) is 3.21. The van der Waals surface area contributed by atoms with Crippen LogP contribution in [-0.4, -0.2) is 26.7 Å². The van der Waals surface area contributed by atoms with Gasteiger partial charge in [0.1, 0.15) is 0 Å². The van der Waals surface area contributed by atoms with Gasteiger partial charge in [0.2, 0.25) is 0 Å². The Balaban J connectivity index is 1.58. The summed E-state index contributed by atoms with van der Waals surface area (Å²) in [5.41, 5.74) is 7.60. The minimum Gasteiger partial charge on any atom is -0.493 e. The van der Waals surface area contributed by atoms with Crippen LogP contribution in [0, 0.1) is 6.92 Å². The molecule has 0 aliphatic carbocycles. The second-order valence-corrected chi connectivity index (χ2v) is 7.86. The van der Waals surface area contributed by atoms with E-state index in [-0.39, 0.29) is 5.91 Å². The number of carbonyl (C=O) groups is 1. The number of hydrogen-bond acceptors (Lipinski definition) is 3. The highest BCUT2D eigenvalue weighted by Gasteiger charge is 2.26. The number of nitrogens with zero attached hydrogens (tertiary/aromatic N) is 1. The van der Waals surface area contributed by atoms with Gasteiger partial charge in [0.15, 0.2) is 11.5 Å². The molecule has 0 atom stereocenters. The highest BCUT2D eigenvalue weighted by molar-refractivity contribution is 6.07. The van der Waals surface area contributed by atoms with Crippen molar-refractivity contribution < 1.29 is 14.3 Å². The molecule has 158 valence electrons. The predicted octanol–water partition coefficient (Wildman–Crippen LogP) is 5.78. The van der Waals surface area contributed by atoms with E-state index in [1.54, 1.807) is 32.4 Å². The molecule has 3 aromatic carbocycles. The molecule has 0 N–H and O–H groups in total. The first-order valence-electron chi connectivity index (χ1n) is 10.4. The van der Waals surface area contributed by atoms with Gasteiger partial charge in [-0.3, -0.25) is 4.79 Å². The van der Waals surface area contributed by atoms with Gasteiger partial charge in [-0.1, -0.05) is 42.0 Å². The first-order chi connectivity index (χ1) is 15.0. The lowest BCUT2D eigenvalue weighted by atomic mass is 10.0. The summed E-state index contributed by atoms with van der Waals surface area (Å²) in [5, 5.41) is 0. The van der Waals surface area contributed by atoms with Gasteiger partial charge >= 0.3 is 0 Å². The molecule has 0 saturated heterocycles. The van der Waals surface area contributed by atoms with Gasteiger partial charge in [-0.15, -0.1) is 0 Å². The number of fused-ring (bicyclic) bond motifs is 1. The summed E-state index contributed by atoms with van der Waals surface area (Å²) in [6, 6.07) is 20.2. The number of carbonyl (C=O) groups excluding carboxylic acids is 1. The van der Waals surface area contributed by atoms with Crippen LogP contribution >= 0.6 is 0 Å². The lowest BCUT2D eigenvalue weighted by molar-refractivity contribution is 0.0989. The number of anilines is 1. The van der Waals surface area contributed by atoms with E-state index in [0.717, 1.165) is 17.7 Å². The second-order valence-electron chi connectivity index (χ2n) is 7.86. The molecule has 31 heavy (non-hydrogen) atoms. The zero-order valence-electron chi connectivity index (χ0n) is 18.4. The van der Waals surface area contributed by atoms with E-state index < -0.39 is 0 Å². The smallest absolute Gasteiger partial charge is 0.258 e. The van der Waals surface area contributed by atoms with Crippen LogP contribution in [0.15, 0.2) is 60.7 Å². The Bertz CT molecular complexity index is 1150. The van der Waals surface area contributed by atoms with E-state index in [0.29, 0.717) is 23.6 Å². The van der Waals surface area contributed by atoms with Gasteiger partial charge in [0, 0.05) is 17.8 Å². The van der Waals surface area contributed by atoms with Gasteiger partial charge in [0.05, 0.1) is 14.2 Å². The number of amides is 1. The van der Waals surface area contributed by atoms with Crippen molar-refractivity contribution in [2.24, 2.45) is 0 Å². The molecule has 1 amide bonds. The maximum atomic E-state index is 13.2. The molecule has 3 aromatic rings. The van der Waals surface area contributed by atoms with E-state index in [1.807, 2.05) is 4.90 Å². The Morgan fingerprint density at radius 1 is 0.903 bits per heavy atom. The molecule has 0 saturated carbocycles. The third-order valence-electron chi connectivity index (χ3n) is 5.76. The Morgan fingerprint density at radius 2 is 1.61 bits per heavy atom. The number of allylic oxidation sites excluding steroid dienone is 1. The number of ether oxygens (including phenoxy) is 2. The summed E-state index contributed by atoms with van der Waals surface area (Å²) in [6.07, 6.45) is 3.05. The molecule has 0 spiro atoms. The van der Waals surface area contributed by atoms with E-state index in [2.05, 4.69) is 62.4 Å². The quantitative estimate of drug-likeness (QED) is 0.498. The van der Waals surface area contributed by atoms with Crippen molar-refractivity contribution in [3.05, 3.63) is 88.5 Å². The Kier molecular flexibility index (Phi) is 5.81. The molecule has 4 heteroatoms. The highest BCUT2D eigenvalue weighted by Crippen LogP contribution is 2.33.